The molecule has 98 valence electrons. The molecule has 0 atom stereocenters. The van der Waals surface area contributed by atoms with Crippen LogP contribution in [-0.2, 0) is 6.54 Å². The molecule has 0 aromatic heterocycles. The Kier molecular flexibility index (Phi) is 3.74. The smallest absolute Gasteiger partial charge is 0.193 e. The zero-order valence-corrected chi connectivity index (χ0v) is 10.0. The van der Waals surface area contributed by atoms with E-state index in [1.807, 2.05) is 11.9 Å². The lowest BCUT2D eigenvalue weighted by Crippen LogP contribution is -2.42. The van der Waals surface area contributed by atoms with Crippen LogP contribution in [0.3, 0.4) is 0 Å². The predicted octanol–water partition coefficient (Wildman–Crippen LogP) is 1.89. The van der Waals surface area contributed by atoms with Crippen molar-refractivity contribution < 1.29 is 13.2 Å². The highest BCUT2D eigenvalue weighted by Gasteiger charge is 2.14. The molecule has 0 aliphatic carbocycles. The molecule has 1 N–H and O–H groups in total. The summed E-state index contributed by atoms with van der Waals surface area (Å²) in [6.07, 6.45) is 0.959. The van der Waals surface area contributed by atoms with Crippen molar-refractivity contribution >= 4 is 5.96 Å². The average Bonchev–Trinajstić information content (AvgIpc) is 2.30. The van der Waals surface area contributed by atoms with Gasteiger partial charge in [-0.15, -0.1) is 0 Å². The number of halogens is 3. The van der Waals surface area contributed by atoms with E-state index in [0.29, 0.717) is 24.6 Å². The number of guanidine groups is 1. The van der Waals surface area contributed by atoms with E-state index in [2.05, 4.69) is 10.3 Å². The fourth-order valence-electron chi connectivity index (χ4n) is 1.82. The summed E-state index contributed by atoms with van der Waals surface area (Å²) in [5.74, 6) is -2.09. The van der Waals surface area contributed by atoms with Crippen LogP contribution in [0.25, 0.3) is 0 Å². The fraction of sp³-hybridized carbons (Fsp3) is 0.417. The van der Waals surface area contributed by atoms with Crippen LogP contribution in [0.5, 0.6) is 0 Å². The maximum atomic E-state index is 13.4. The van der Waals surface area contributed by atoms with Gasteiger partial charge in [-0.2, -0.15) is 0 Å². The standard InChI is InChI=1S/C12H14F3N3/c1-18-4-2-3-16-12(18)17-7-9-10(14)5-8(13)6-11(9)15/h5-6H,2-4,7H2,1H3,(H,16,17). The van der Waals surface area contributed by atoms with E-state index >= 15 is 0 Å². The molecule has 6 heteroatoms. The molecule has 1 aromatic carbocycles. The number of aliphatic imine (C=N–C) groups is 1. The van der Waals surface area contributed by atoms with E-state index in [0.717, 1.165) is 13.0 Å². The maximum absolute atomic E-state index is 13.4. The van der Waals surface area contributed by atoms with E-state index < -0.39 is 17.5 Å². The van der Waals surface area contributed by atoms with Crippen molar-refractivity contribution in [2.75, 3.05) is 20.1 Å². The molecular formula is C12H14F3N3. The summed E-state index contributed by atoms with van der Waals surface area (Å²) in [5.41, 5.74) is -0.182. The second-order valence-electron chi connectivity index (χ2n) is 4.18. The van der Waals surface area contributed by atoms with Crippen molar-refractivity contribution in [1.82, 2.24) is 10.2 Å². The monoisotopic (exact) mass is 257 g/mol. The van der Waals surface area contributed by atoms with Crippen LogP contribution in [0.4, 0.5) is 13.2 Å². The molecule has 1 aliphatic heterocycles. The van der Waals surface area contributed by atoms with E-state index in [9.17, 15) is 13.2 Å². The first-order chi connectivity index (χ1) is 8.58. The Balaban J connectivity index is 2.08. The summed E-state index contributed by atoms with van der Waals surface area (Å²) < 4.78 is 39.5. The molecule has 1 aromatic rings. The molecule has 0 amide bonds. The lowest BCUT2D eigenvalue weighted by Gasteiger charge is -2.25. The van der Waals surface area contributed by atoms with E-state index in [1.54, 1.807) is 0 Å². The maximum Gasteiger partial charge on any atom is 0.193 e. The van der Waals surface area contributed by atoms with Gasteiger partial charge in [-0.1, -0.05) is 0 Å². The third-order valence-corrected chi connectivity index (χ3v) is 2.80. The molecule has 0 bridgehead atoms. The molecule has 0 fully saturated rings. The Morgan fingerprint density at radius 3 is 2.56 bits per heavy atom. The Morgan fingerprint density at radius 1 is 1.28 bits per heavy atom. The van der Waals surface area contributed by atoms with Crippen molar-refractivity contribution in [2.45, 2.75) is 13.0 Å². The average molecular weight is 257 g/mol. The molecule has 3 nitrogen and oxygen atoms in total. The highest BCUT2D eigenvalue weighted by atomic mass is 19.1. The van der Waals surface area contributed by atoms with Gasteiger partial charge >= 0.3 is 0 Å². The zero-order valence-electron chi connectivity index (χ0n) is 10.0. The molecule has 0 radical (unpaired) electrons. The largest absolute Gasteiger partial charge is 0.352 e. The highest BCUT2D eigenvalue weighted by molar-refractivity contribution is 5.80. The number of rotatable bonds is 2. The molecule has 0 saturated carbocycles. The van der Waals surface area contributed by atoms with Crippen LogP contribution in [-0.4, -0.2) is 31.0 Å². The SMILES string of the molecule is CN1CCCN=C1NCc1c(F)cc(F)cc1F. The van der Waals surface area contributed by atoms with Gasteiger partial charge in [0.05, 0.1) is 0 Å². The number of hydrogen-bond acceptors (Lipinski definition) is 3. The first-order valence-corrected chi connectivity index (χ1v) is 5.71. The topological polar surface area (TPSA) is 27.6 Å². The number of nitrogens with zero attached hydrogens (tertiary/aromatic N) is 2. The first-order valence-electron chi connectivity index (χ1n) is 5.71. The van der Waals surface area contributed by atoms with Gasteiger partial charge in [0.25, 0.3) is 0 Å². The summed E-state index contributed by atoms with van der Waals surface area (Å²) in [5, 5.41) is 2.86. The lowest BCUT2D eigenvalue weighted by atomic mass is 10.2. The molecule has 0 spiro atoms. The van der Waals surface area contributed by atoms with Gasteiger partial charge < -0.3 is 10.2 Å². The molecule has 0 unspecified atom stereocenters. The van der Waals surface area contributed by atoms with E-state index in [1.165, 1.54) is 0 Å². The molecule has 18 heavy (non-hydrogen) atoms. The van der Waals surface area contributed by atoms with Gasteiger partial charge in [0.1, 0.15) is 17.5 Å². The minimum absolute atomic E-state index is 0.0544. The van der Waals surface area contributed by atoms with Crippen LogP contribution < -0.4 is 5.32 Å². The molecule has 0 saturated heterocycles. The van der Waals surface area contributed by atoms with Gasteiger partial charge in [-0.25, -0.2) is 13.2 Å². The predicted molar refractivity (Wildman–Crippen MR) is 62.7 cm³/mol. The van der Waals surface area contributed by atoms with Gasteiger partial charge in [0, 0.05) is 44.4 Å². The van der Waals surface area contributed by atoms with Crippen LogP contribution in [0.15, 0.2) is 17.1 Å². The van der Waals surface area contributed by atoms with E-state index in [4.69, 9.17) is 0 Å². The third kappa shape index (κ3) is 2.75. The molecular weight excluding hydrogens is 243 g/mol. The van der Waals surface area contributed by atoms with Crippen molar-refractivity contribution in [2.24, 2.45) is 4.99 Å². The quantitative estimate of drug-likeness (QED) is 0.876. The van der Waals surface area contributed by atoms with Gasteiger partial charge in [-0.3, -0.25) is 4.99 Å². The summed E-state index contributed by atoms with van der Waals surface area (Å²) in [7, 11) is 1.85. The van der Waals surface area contributed by atoms with Crippen LogP contribution in [0.1, 0.15) is 12.0 Å². The van der Waals surface area contributed by atoms with E-state index in [-0.39, 0.29) is 12.1 Å². The normalized spacial score (nSPS) is 15.6. The number of hydrogen-bond donors (Lipinski definition) is 1. The second kappa shape index (κ2) is 5.29. The van der Waals surface area contributed by atoms with Crippen LogP contribution in [0, 0.1) is 17.5 Å². The number of benzene rings is 1. The van der Waals surface area contributed by atoms with Crippen molar-refractivity contribution in [3.05, 3.63) is 35.1 Å². The highest BCUT2D eigenvalue weighted by Crippen LogP contribution is 2.14. The van der Waals surface area contributed by atoms with Crippen molar-refractivity contribution in [3.63, 3.8) is 0 Å². The van der Waals surface area contributed by atoms with Gasteiger partial charge in [0.2, 0.25) is 0 Å². The summed E-state index contributed by atoms with van der Waals surface area (Å²) in [6, 6.07) is 1.35. The third-order valence-electron chi connectivity index (χ3n) is 2.80. The Hall–Kier alpha value is -1.72. The summed E-state index contributed by atoms with van der Waals surface area (Å²) >= 11 is 0. The summed E-state index contributed by atoms with van der Waals surface area (Å²) in [4.78, 5) is 6.09. The fourth-order valence-corrected chi connectivity index (χ4v) is 1.82. The Labute approximate surface area is 103 Å². The van der Waals surface area contributed by atoms with Crippen molar-refractivity contribution in [3.8, 4) is 0 Å². The second-order valence-corrected chi connectivity index (χ2v) is 4.18. The Morgan fingerprint density at radius 2 is 1.94 bits per heavy atom. The Bertz CT molecular complexity index is 451. The van der Waals surface area contributed by atoms with Gasteiger partial charge in [0.15, 0.2) is 5.96 Å². The molecule has 2 rings (SSSR count). The minimum atomic E-state index is -0.916. The van der Waals surface area contributed by atoms with Crippen molar-refractivity contribution in [1.29, 1.82) is 0 Å². The van der Waals surface area contributed by atoms with Crippen LogP contribution >= 0.6 is 0 Å². The lowest BCUT2D eigenvalue weighted by molar-refractivity contribution is 0.442. The minimum Gasteiger partial charge on any atom is -0.352 e. The first kappa shape index (κ1) is 12.7. The number of nitrogens with one attached hydrogen (secondary N) is 1. The van der Waals surface area contributed by atoms with Gasteiger partial charge in [-0.05, 0) is 6.42 Å². The summed E-state index contributed by atoms with van der Waals surface area (Å²) in [6.45, 7) is 1.49. The molecule has 1 heterocycles. The molecule has 1 aliphatic rings. The zero-order chi connectivity index (χ0) is 13.1. The van der Waals surface area contributed by atoms with Crippen LogP contribution in [0.2, 0.25) is 0 Å².